The van der Waals surface area contributed by atoms with Crippen molar-refractivity contribution in [3.8, 4) is 17.1 Å². The van der Waals surface area contributed by atoms with Gasteiger partial charge in [0.05, 0.1) is 24.1 Å². The van der Waals surface area contributed by atoms with Crippen LogP contribution in [-0.4, -0.2) is 91.8 Å². The maximum atomic E-state index is 15.2. The number of ether oxygens (including phenoxy) is 1. The number of hydrogen-bond acceptors (Lipinski definition) is 9. The Bertz CT molecular complexity index is 1520. The zero-order valence-electron chi connectivity index (χ0n) is 24.0. The Morgan fingerprint density at radius 3 is 2.37 bits per heavy atom. The molecule has 6 rings (SSSR count). The Balaban J connectivity index is 1.42. The van der Waals surface area contributed by atoms with Crippen LogP contribution in [0.5, 0.6) is 5.88 Å². The lowest BCUT2D eigenvalue weighted by atomic mass is 9.98. The molecular formula is C30H39FN6O3S. The van der Waals surface area contributed by atoms with E-state index in [4.69, 9.17) is 14.7 Å². The van der Waals surface area contributed by atoms with Crippen LogP contribution >= 0.6 is 0 Å². The molecule has 0 N–H and O–H groups in total. The predicted molar refractivity (Wildman–Crippen MR) is 158 cm³/mol. The fourth-order valence-corrected chi connectivity index (χ4v) is 7.19. The lowest BCUT2D eigenvalue weighted by Gasteiger charge is -2.43. The lowest BCUT2D eigenvalue weighted by molar-refractivity contribution is 0.0613. The molecule has 0 spiro atoms. The van der Waals surface area contributed by atoms with E-state index in [9.17, 15) is 8.42 Å². The molecule has 5 heterocycles. The molecule has 0 bridgehead atoms. The number of likely N-dealkylation sites (tertiary alicyclic amines) is 2. The molecule has 0 atom stereocenters. The van der Waals surface area contributed by atoms with Crippen molar-refractivity contribution in [3.63, 3.8) is 0 Å². The highest BCUT2D eigenvalue weighted by atomic mass is 32.2. The molecule has 41 heavy (non-hydrogen) atoms. The third-order valence-electron chi connectivity index (χ3n) is 8.64. The van der Waals surface area contributed by atoms with Crippen LogP contribution in [0.1, 0.15) is 49.7 Å². The number of pyridine rings is 1. The molecule has 9 nitrogen and oxygen atoms in total. The number of benzene rings is 1. The molecule has 0 aliphatic carbocycles. The molecule has 220 valence electrons. The van der Waals surface area contributed by atoms with E-state index in [1.807, 2.05) is 0 Å². The molecule has 3 aliphatic heterocycles. The molecule has 3 aromatic rings. The smallest absolute Gasteiger partial charge is 0.226 e. The minimum absolute atomic E-state index is 0.216. The van der Waals surface area contributed by atoms with Crippen molar-refractivity contribution in [2.75, 3.05) is 57.5 Å². The first-order valence-electron chi connectivity index (χ1n) is 14.7. The van der Waals surface area contributed by atoms with E-state index in [0.717, 1.165) is 62.9 Å². The van der Waals surface area contributed by atoms with Gasteiger partial charge >= 0.3 is 0 Å². The van der Waals surface area contributed by atoms with Crippen LogP contribution in [0.2, 0.25) is 0 Å². The maximum Gasteiger partial charge on any atom is 0.226 e. The van der Waals surface area contributed by atoms with E-state index in [1.165, 1.54) is 45.4 Å². The first-order chi connectivity index (χ1) is 19.8. The summed E-state index contributed by atoms with van der Waals surface area (Å²) in [5.41, 5.74) is 3.20. The van der Waals surface area contributed by atoms with Crippen LogP contribution in [0.4, 0.5) is 10.3 Å². The normalized spacial score (nSPS) is 19.4. The van der Waals surface area contributed by atoms with Gasteiger partial charge in [-0.2, -0.15) is 0 Å². The summed E-state index contributed by atoms with van der Waals surface area (Å²) in [6.07, 6.45) is 9.69. The quantitative estimate of drug-likeness (QED) is 0.390. The molecule has 3 aliphatic rings. The number of aromatic nitrogens is 3. The van der Waals surface area contributed by atoms with Crippen molar-refractivity contribution in [2.24, 2.45) is 0 Å². The Morgan fingerprint density at radius 2 is 1.71 bits per heavy atom. The van der Waals surface area contributed by atoms with Gasteiger partial charge in [-0.05, 0) is 88.5 Å². The molecule has 3 saturated heterocycles. The van der Waals surface area contributed by atoms with E-state index in [1.54, 1.807) is 18.3 Å². The highest BCUT2D eigenvalue weighted by Gasteiger charge is 2.28. The monoisotopic (exact) mass is 582 g/mol. The van der Waals surface area contributed by atoms with Crippen LogP contribution in [0.15, 0.2) is 24.4 Å². The number of hydrogen-bond donors (Lipinski definition) is 0. The van der Waals surface area contributed by atoms with Crippen molar-refractivity contribution >= 4 is 26.7 Å². The average Bonchev–Trinajstić information content (AvgIpc) is 2.92. The fraction of sp³-hybridized carbons (Fsp3) is 0.567. The third-order valence-corrected chi connectivity index (χ3v) is 9.47. The number of nitrogens with zero attached hydrogens (tertiary/aromatic N) is 6. The minimum atomic E-state index is -3.34. The van der Waals surface area contributed by atoms with Gasteiger partial charge in [0.1, 0.15) is 5.82 Å². The second-order valence-corrected chi connectivity index (χ2v) is 13.9. The van der Waals surface area contributed by atoms with Gasteiger partial charge < -0.3 is 14.5 Å². The summed E-state index contributed by atoms with van der Waals surface area (Å²) in [7, 11) is -1.87. The Morgan fingerprint density at radius 1 is 0.951 bits per heavy atom. The zero-order chi connectivity index (χ0) is 28.6. The van der Waals surface area contributed by atoms with Gasteiger partial charge in [0.2, 0.25) is 11.8 Å². The Labute approximate surface area is 241 Å². The Kier molecular flexibility index (Phi) is 8.11. The second-order valence-electron chi connectivity index (χ2n) is 11.7. The third kappa shape index (κ3) is 6.32. The van der Waals surface area contributed by atoms with Gasteiger partial charge in [-0.1, -0.05) is 0 Å². The largest absolute Gasteiger partial charge is 0.481 e. The summed E-state index contributed by atoms with van der Waals surface area (Å²) in [4.78, 5) is 21.6. The van der Waals surface area contributed by atoms with Crippen LogP contribution in [-0.2, 0) is 22.1 Å². The fourth-order valence-electron chi connectivity index (χ4n) is 6.42. The highest BCUT2D eigenvalue weighted by molar-refractivity contribution is 7.89. The van der Waals surface area contributed by atoms with E-state index in [2.05, 4.69) is 19.7 Å². The van der Waals surface area contributed by atoms with Crippen molar-refractivity contribution in [1.82, 2.24) is 24.8 Å². The number of sulfone groups is 1. The number of halogens is 1. The molecule has 0 amide bonds. The molecule has 0 unspecified atom stereocenters. The van der Waals surface area contributed by atoms with Crippen molar-refractivity contribution in [1.29, 1.82) is 0 Å². The number of fused-ring (bicyclic) bond motifs is 1. The van der Waals surface area contributed by atoms with Crippen molar-refractivity contribution in [3.05, 3.63) is 41.3 Å². The summed E-state index contributed by atoms with van der Waals surface area (Å²) in [6, 6.07) is 5.51. The SMILES string of the molecule is COc1ncc(-c2nc(N3CCCCC3)nc3c(CN4CCC(N5CCC5)CC4)cc(F)cc23)cc1CS(C)(=O)=O. The minimum Gasteiger partial charge on any atom is -0.481 e. The first kappa shape index (κ1) is 28.2. The average molecular weight is 583 g/mol. The van der Waals surface area contributed by atoms with E-state index < -0.39 is 9.84 Å². The second kappa shape index (κ2) is 11.8. The summed E-state index contributed by atoms with van der Waals surface area (Å²) in [5.74, 6) is 0.321. The molecule has 2 aromatic heterocycles. The summed E-state index contributed by atoms with van der Waals surface area (Å²) in [5, 5.41) is 0.605. The molecular weight excluding hydrogens is 543 g/mol. The van der Waals surface area contributed by atoms with E-state index in [-0.39, 0.29) is 17.5 Å². The van der Waals surface area contributed by atoms with Gasteiger partial charge in [-0.25, -0.2) is 27.8 Å². The standard InChI is InChI=1S/C30H39FN6O3S/c1-40-29-23(20-41(2,38)39)15-21(18-32-29)27-26-17-24(31)16-22(19-35-13-7-25(8-14-35)36-11-6-12-36)28(26)34-30(33-27)37-9-4-3-5-10-37/h15-18,25H,3-14,19-20H2,1-2H3. The van der Waals surface area contributed by atoms with Crippen molar-refractivity contribution < 1.29 is 17.5 Å². The molecule has 1 aromatic carbocycles. The van der Waals surface area contributed by atoms with E-state index >= 15 is 4.39 Å². The predicted octanol–water partition coefficient (Wildman–Crippen LogP) is 4.04. The van der Waals surface area contributed by atoms with Crippen LogP contribution in [0.25, 0.3) is 22.2 Å². The van der Waals surface area contributed by atoms with Gasteiger partial charge in [-0.15, -0.1) is 0 Å². The number of methoxy groups -OCH3 is 1. The lowest BCUT2D eigenvalue weighted by Crippen LogP contribution is -2.50. The maximum absolute atomic E-state index is 15.2. The van der Waals surface area contributed by atoms with Crippen molar-refractivity contribution in [2.45, 2.75) is 56.9 Å². The van der Waals surface area contributed by atoms with Crippen LogP contribution in [0.3, 0.4) is 0 Å². The first-order valence-corrected chi connectivity index (χ1v) is 16.8. The number of piperidine rings is 2. The summed E-state index contributed by atoms with van der Waals surface area (Å²) in [6.45, 7) is 6.74. The molecule has 3 fully saturated rings. The van der Waals surface area contributed by atoms with Gasteiger partial charge in [-0.3, -0.25) is 4.90 Å². The van der Waals surface area contributed by atoms with Gasteiger partial charge in [0, 0.05) is 54.6 Å². The van der Waals surface area contributed by atoms with Crippen LogP contribution in [0, 0.1) is 5.82 Å². The van der Waals surface area contributed by atoms with Crippen LogP contribution < -0.4 is 9.64 Å². The molecule has 0 saturated carbocycles. The van der Waals surface area contributed by atoms with E-state index in [0.29, 0.717) is 40.7 Å². The van der Waals surface area contributed by atoms with Gasteiger partial charge in [0.15, 0.2) is 9.84 Å². The topological polar surface area (TPSA) is 91.8 Å². The molecule has 11 heteroatoms. The summed E-state index contributed by atoms with van der Waals surface area (Å²) >= 11 is 0. The van der Waals surface area contributed by atoms with Gasteiger partial charge in [0.25, 0.3) is 0 Å². The zero-order valence-corrected chi connectivity index (χ0v) is 24.8. The highest BCUT2D eigenvalue weighted by Crippen LogP contribution is 2.34. The number of anilines is 1. The summed E-state index contributed by atoms with van der Waals surface area (Å²) < 4.78 is 44.9. The number of rotatable bonds is 8. The Hall–Kier alpha value is -2.89. The molecule has 0 radical (unpaired) electrons.